The molecule has 2 unspecified atom stereocenters. The van der Waals surface area contributed by atoms with E-state index >= 15 is 0 Å². The van der Waals surface area contributed by atoms with E-state index in [9.17, 15) is 19.2 Å². The SMILES string of the molecule is NNC(CO)C(=O)N[C@@H](CCC(=O)O)C(=O)NC(CO)C(N)=O. The maximum absolute atomic E-state index is 12.0. The number of aliphatic hydroxyl groups is 2. The molecular formula is C11H21N5O7. The smallest absolute Gasteiger partial charge is 0.303 e. The number of amides is 3. The summed E-state index contributed by atoms with van der Waals surface area (Å²) in [5.74, 6) is 1.08. The van der Waals surface area contributed by atoms with E-state index in [1.807, 2.05) is 5.43 Å². The molecule has 0 aliphatic heterocycles. The highest BCUT2D eigenvalue weighted by Crippen LogP contribution is 2.00. The zero-order valence-electron chi connectivity index (χ0n) is 12.2. The second-order valence-corrected chi connectivity index (χ2v) is 4.54. The quantitative estimate of drug-likeness (QED) is 0.134. The molecule has 0 saturated heterocycles. The van der Waals surface area contributed by atoms with Gasteiger partial charge in [0, 0.05) is 6.42 Å². The van der Waals surface area contributed by atoms with Crippen molar-refractivity contribution in [3.8, 4) is 0 Å². The highest BCUT2D eigenvalue weighted by atomic mass is 16.4. The van der Waals surface area contributed by atoms with E-state index < -0.39 is 61.5 Å². The minimum absolute atomic E-state index is 0.285. The van der Waals surface area contributed by atoms with Crippen LogP contribution in [0.3, 0.4) is 0 Å². The van der Waals surface area contributed by atoms with Gasteiger partial charge in [0.15, 0.2) is 0 Å². The average Bonchev–Trinajstić information content (AvgIpc) is 2.49. The van der Waals surface area contributed by atoms with Gasteiger partial charge in [-0.3, -0.25) is 25.0 Å². The number of carbonyl (C=O) groups excluding carboxylic acids is 3. The fourth-order valence-corrected chi connectivity index (χ4v) is 1.50. The van der Waals surface area contributed by atoms with E-state index in [0.717, 1.165) is 0 Å². The lowest BCUT2D eigenvalue weighted by Gasteiger charge is -2.22. The number of nitrogens with one attached hydrogen (secondary N) is 3. The third-order valence-electron chi connectivity index (χ3n) is 2.82. The highest BCUT2D eigenvalue weighted by Gasteiger charge is 2.27. The van der Waals surface area contributed by atoms with Crippen molar-refractivity contribution in [1.29, 1.82) is 0 Å². The standard InChI is InChI=1S/C11H21N5O7/c12-9(21)6(3-17)15-10(22)5(1-2-8(19)20)14-11(23)7(4-18)16-13/h5-7,16-18H,1-4,13H2,(H2,12,21)(H,14,23)(H,15,22)(H,19,20)/t5-,6?,7?/m0/s1. The molecule has 0 saturated carbocycles. The van der Waals surface area contributed by atoms with Crippen molar-refractivity contribution in [2.24, 2.45) is 11.6 Å². The van der Waals surface area contributed by atoms with Gasteiger partial charge in [-0.2, -0.15) is 0 Å². The van der Waals surface area contributed by atoms with Gasteiger partial charge in [-0.25, -0.2) is 5.43 Å². The Kier molecular flexibility index (Phi) is 9.41. The van der Waals surface area contributed by atoms with E-state index in [2.05, 4.69) is 10.6 Å². The summed E-state index contributed by atoms with van der Waals surface area (Å²) in [5.41, 5.74) is 6.96. The second kappa shape index (κ2) is 10.4. The van der Waals surface area contributed by atoms with Crippen LogP contribution in [0.4, 0.5) is 0 Å². The molecular weight excluding hydrogens is 314 g/mol. The highest BCUT2D eigenvalue weighted by molar-refractivity contribution is 5.93. The molecule has 132 valence electrons. The van der Waals surface area contributed by atoms with Crippen molar-refractivity contribution >= 4 is 23.7 Å². The number of nitrogens with two attached hydrogens (primary N) is 2. The van der Waals surface area contributed by atoms with Gasteiger partial charge in [-0.15, -0.1) is 0 Å². The van der Waals surface area contributed by atoms with Crippen LogP contribution in [0, 0.1) is 0 Å². The number of carboxylic acid groups (broad SMARTS) is 1. The topological polar surface area (TPSA) is 217 Å². The molecule has 0 bridgehead atoms. The first kappa shape index (κ1) is 20.7. The summed E-state index contributed by atoms with van der Waals surface area (Å²) >= 11 is 0. The zero-order valence-corrected chi connectivity index (χ0v) is 12.2. The number of primary amides is 1. The van der Waals surface area contributed by atoms with Crippen LogP contribution >= 0.6 is 0 Å². The predicted octanol–water partition coefficient (Wildman–Crippen LogP) is -4.88. The van der Waals surface area contributed by atoms with Gasteiger partial charge >= 0.3 is 5.97 Å². The molecule has 10 N–H and O–H groups in total. The molecule has 0 aliphatic rings. The maximum atomic E-state index is 12.0. The van der Waals surface area contributed by atoms with Crippen LogP contribution in [0.1, 0.15) is 12.8 Å². The molecule has 3 atom stereocenters. The molecule has 0 aromatic rings. The van der Waals surface area contributed by atoms with Gasteiger partial charge in [0.1, 0.15) is 18.1 Å². The molecule has 0 rings (SSSR count). The number of aliphatic carboxylic acids is 1. The van der Waals surface area contributed by atoms with Crippen LogP contribution in [-0.4, -0.2) is 70.3 Å². The first-order chi connectivity index (χ1) is 10.8. The second-order valence-electron chi connectivity index (χ2n) is 4.54. The molecule has 0 radical (unpaired) electrons. The summed E-state index contributed by atoms with van der Waals surface area (Å²) in [4.78, 5) is 45.4. The summed E-state index contributed by atoms with van der Waals surface area (Å²) in [6.07, 6.45) is -0.731. The van der Waals surface area contributed by atoms with Crippen molar-refractivity contribution in [3.63, 3.8) is 0 Å². The molecule has 0 aromatic heterocycles. The maximum Gasteiger partial charge on any atom is 0.303 e. The van der Waals surface area contributed by atoms with E-state index in [-0.39, 0.29) is 6.42 Å². The number of carboxylic acids is 1. The van der Waals surface area contributed by atoms with Gasteiger partial charge in [0.2, 0.25) is 17.7 Å². The minimum atomic E-state index is -1.38. The molecule has 0 aromatic carbocycles. The number of hydrogen-bond acceptors (Lipinski definition) is 8. The molecule has 12 nitrogen and oxygen atoms in total. The lowest BCUT2D eigenvalue weighted by molar-refractivity contribution is -0.138. The molecule has 23 heavy (non-hydrogen) atoms. The number of hydrogen-bond donors (Lipinski definition) is 8. The fourth-order valence-electron chi connectivity index (χ4n) is 1.50. The lowest BCUT2D eigenvalue weighted by atomic mass is 10.1. The summed E-state index contributed by atoms with van der Waals surface area (Å²) in [7, 11) is 0. The minimum Gasteiger partial charge on any atom is -0.481 e. The summed E-state index contributed by atoms with van der Waals surface area (Å²) in [5, 5.41) is 30.8. The number of hydrazine groups is 1. The van der Waals surface area contributed by atoms with Crippen molar-refractivity contribution in [1.82, 2.24) is 16.1 Å². The Morgan fingerprint density at radius 2 is 1.39 bits per heavy atom. The Balaban J connectivity index is 4.97. The molecule has 3 amide bonds. The van der Waals surface area contributed by atoms with Crippen molar-refractivity contribution in [3.05, 3.63) is 0 Å². The van der Waals surface area contributed by atoms with Gasteiger partial charge in [-0.05, 0) is 6.42 Å². The summed E-state index contributed by atoms with van der Waals surface area (Å²) in [6, 6.07) is -3.91. The summed E-state index contributed by atoms with van der Waals surface area (Å²) in [6.45, 7) is -1.42. The Labute approximate surface area is 131 Å². The molecule has 0 fully saturated rings. The average molecular weight is 335 g/mol. The van der Waals surface area contributed by atoms with E-state index in [1.54, 1.807) is 0 Å². The van der Waals surface area contributed by atoms with Crippen LogP contribution < -0.4 is 27.6 Å². The molecule has 0 aliphatic carbocycles. The van der Waals surface area contributed by atoms with Crippen molar-refractivity contribution < 1.29 is 34.5 Å². The van der Waals surface area contributed by atoms with Crippen molar-refractivity contribution in [2.75, 3.05) is 13.2 Å². The van der Waals surface area contributed by atoms with Crippen LogP contribution in [0.2, 0.25) is 0 Å². The fraction of sp³-hybridized carbons (Fsp3) is 0.636. The number of rotatable bonds is 11. The Bertz CT molecular complexity index is 440. The zero-order chi connectivity index (χ0) is 18.0. The first-order valence-corrected chi connectivity index (χ1v) is 6.56. The molecule has 12 heteroatoms. The first-order valence-electron chi connectivity index (χ1n) is 6.56. The third-order valence-corrected chi connectivity index (χ3v) is 2.82. The van der Waals surface area contributed by atoms with Crippen LogP contribution in [0.15, 0.2) is 0 Å². The predicted molar refractivity (Wildman–Crippen MR) is 75.2 cm³/mol. The lowest BCUT2D eigenvalue weighted by Crippen LogP contribution is -2.58. The Morgan fingerprint density at radius 1 is 0.913 bits per heavy atom. The van der Waals surface area contributed by atoms with Crippen LogP contribution in [0.5, 0.6) is 0 Å². The number of carbonyl (C=O) groups is 4. The van der Waals surface area contributed by atoms with E-state index in [0.29, 0.717) is 0 Å². The Morgan fingerprint density at radius 3 is 1.78 bits per heavy atom. The van der Waals surface area contributed by atoms with Crippen molar-refractivity contribution in [2.45, 2.75) is 31.0 Å². The van der Waals surface area contributed by atoms with E-state index in [1.165, 1.54) is 0 Å². The number of aliphatic hydroxyl groups excluding tert-OH is 2. The van der Waals surface area contributed by atoms with E-state index in [4.69, 9.17) is 26.9 Å². The van der Waals surface area contributed by atoms with Crippen LogP contribution in [-0.2, 0) is 19.2 Å². The summed E-state index contributed by atoms with van der Waals surface area (Å²) < 4.78 is 0. The normalized spacial score (nSPS) is 14.4. The van der Waals surface area contributed by atoms with Gasteiger partial charge in [0.05, 0.1) is 13.2 Å². The van der Waals surface area contributed by atoms with Gasteiger partial charge in [-0.1, -0.05) is 0 Å². The monoisotopic (exact) mass is 335 g/mol. The Hall–Kier alpha value is -2.28. The third kappa shape index (κ3) is 7.51. The largest absolute Gasteiger partial charge is 0.481 e. The van der Waals surface area contributed by atoms with Gasteiger partial charge in [0.25, 0.3) is 0 Å². The molecule has 0 heterocycles. The van der Waals surface area contributed by atoms with Crippen LogP contribution in [0.25, 0.3) is 0 Å². The molecule has 0 spiro atoms. The van der Waals surface area contributed by atoms with Gasteiger partial charge < -0.3 is 31.7 Å².